The van der Waals surface area contributed by atoms with Crippen LogP contribution in [-0.2, 0) is 14.3 Å². The molecule has 4 fully saturated rings. The van der Waals surface area contributed by atoms with E-state index in [9.17, 15) is 9.59 Å². The van der Waals surface area contributed by atoms with Gasteiger partial charge >= 0.3 is 11.9 Å². The van der Waals surface area contributed by atoms with Gasteiger partial charge in [-0.1, -0.05) is 25.7 Å². The maximum atomic E-state index is 12.1. The normalized spacial score (nSPS) is 49.1. The van der Waals surface area contributed by atoms with Crippen LogP contribution in [-0.4, -0.2) is 11.9 Å². The largest absolute Gasteiger partial charge is 0.393 e. The van der Waals surface area contributed by atoms with E-state index in [1.54, 1.807) is 0 Å². The van der Waals surface area contributed by atoms with Crippen LogP contribution >= 0.6 is 0 Å². The van der Waals surface area contributed by atoms with Crippen LogP contribution in [0.4, 0.5) is 0 Å². The Morgan fingerprint density at radius 2 is 1.00 bits per heavy atom. The predicted octanol–water partition coefficient (Wildman–Crippen LogP) is 2.93. The lowest BCUT2D eigenvalue weighted by Gasteiger charge is -2.51. The number of hydrogen-bond donors (Lipinski definition) is 0. The zero-order valence-corrected chi connectivity index (χ0v) is 11.3. The fourth-order valence-corrected chi connectivity index (χ4v) is 5.74. The van der Waals surface area contributed by atoms with Gasteiger partial charge in [-0.25, -0.2) is 0 Å². The Morgan fingerprint density at radius 1 is 0.632 bits per heavy atom. The molecule has 6 atom stereocenters. The Bertz CT molecular complexity index is 378. The van der Waals surface area contributed by atoms with Gasteiger partial charge in [0, 0.05) is 0 Å². The van der Waals surface area contributed by atoms with Gasteiger partial charge in [0.05, 0.1) is 11.8 Å². The smallest absolute Gasteiger partial charge is 0.317 e. The van der Waals surface area contributed by atoms with Gasteiger partial charge in [-0.3, -0.25) is 9.59 Å². The molecule has 1 heterocycles. The topological polar surface area (TPSA) is 43.4 Å². The Hall–Kier alpha value is -0.860. The van der Waals surface area contributed by atoms with E-state index < -0.39 is 0 Å². The molecule has 0 aromatic heterocycles. The van der Waals surface area contributed by atoms with Gasteiger partial charge in [0.15, 0.2) is 0 Å². The summed E-state index contributed by atoms with van der Waals surface area (Å²) in [6.07, 6.45) is 9.89. The number of fused-ring (bicyclic) bond motifs is 6. The maximum absolute atomic E-state index is 12.1. The fourth-order valence-electron chi connectivity index (χ4n) is 5.74. The standard InChI is InChI=1S/C16H22O3/c17-15-13-11-7-3-1-5-9(11)10-6-2-4-8-12(10)14(13)16(18)19-15/h9-14H,1-8H2/t9-,10-,11-,12-,13+,14+/m0/s1. The van der Waals surface area contributed by atoms with Crippen LogP contribution in [0, 0.1) is 35.5 Å². The van der Waals surface area contributed by atoms with Crippen LogP contribution in [0.3, 0.4) is 0 Å². The minimum Gasteiger partial charge on any atom is -0.393 e. The second-order valence-electron chi connectivity index (χ2n) is 7.02. The molecule has 0 amide bonds. The molecule has 1 saturated heterocycles. The highest BCUT2D eigenvalue weighted by molar-refractivity contribution is 5.97. The molecule has 0 aromatic carbocycles. The van der Waals surface area contributed by atoms with Gasteiger partial charge in [-0.15, -0.1) is 0 Å². The molecule has 3 heteroatoms. The lowest BCUT2D eigenvalue weighted by Crippen LogP contribution is -2.49. The van der Waals surface area contributed by atoms with Crippen molar-refractivity contribution in [3.8, 4) is 0 Å². The molecule has 0 aromatic rings. The van der Waals surface area contributed by atoms with Crippen molar-refractivity contribution >= 4 is 11.9 Å². The van der Waals surface area contributed by atoms with Gasteiger partial charge in [0.1, 0.15) is 0 Å². The molecule has 0 spiro atoms. The van der Waals surface area contributed by atoms with Crippen molar-refractivity contribution in [3.05, 3.63) is 0 Å². The molecule has 0 bridgehead atoms. The molecular weight excluding hydrogens is 240 g/mol. The van der Waals surface area contributed by atoms with E-state index in [1.165, 1.54) is 38.5 Å². The SMILES string of the molecule is O=C1OC(=O)[C@@H]2[C@H]3CCCC[C@H]3[C@@H]3CCCC[C@@H]3[C@@H]12. The molecular formula is C16H22O3. The third-order valence-corrected chi connectivity index (χ3v) is 6.35. The second kappa shape index (κ2) is 4.32. The molecule has 4 rings (SSSR count). The van der Waals surface area contributed by atoms with Crippen molar-refractivity contribution in [1.29, 1.82) is 0 Å². The van der Waals surface area contributed by atoms with E-state index in [-0.39, 0.29) is 23.8 Å². The summed E-state index contributed by atoms with van der Waals surface area (Å²) in [6.45, 7) is 0. The van der Waals surface area contributed by atoms with Gasteiger partial charge in [-0.2, -0.15) is 0 Å². The highest BCUT2D eigenvalue weighted by Crippen LogP contribution is 2.58. The molecule has 1 aliphatic heterocycles. The van der Waals surface area contributed by atoms with Crippen molar-refractivity contribution in [2.75, 3.05) is 0 Å². The van der Waals surface area contributed by atoms with Crippen LogP contribution in [0.1, 0.15) is 51.4 Å². The minimum atomic E-state index is -0.198. The lowest BCUT2D eigenvalue weighted by atomic mass is 9.51. The average Bonchev–Trinajstić information content (AvgIpc) is 2.75. The van der Waals surface area contributed by atoms with Crippen LogP contribution in [0.5, 0.6) is 0 Å². The number of hydrogen-bond acceptors (Lipinski definition) is 3. The number of rotatable bonds is 0. The van der Waals surface area contributed by atoms with Crippen LogP contribution in [0.25, 0.3) is 0 Å². The predicted molar refractivity (Wildman–Crippen MR) is 69.0 cm³/mol. The zero-order valence-electron chi connectivity index (χ0n) is 11.3. The summed E-state index contributed by atoms with van der Waals surface area (Å²) in [6, 6.07) is 0. The monoisotopic (exact) mass is 262 g/mol. The highest BCUT2D eigenvalue weighted by atomic mass is 16.6. The van der Waals surface area contributed by atoms with Gasteiger partial charge in [-0.05, 0) is 49.4 Å². The molecule has 3 nitrogen and oxygen atoms in total. The van der Waals surface area contributed by atoms with Crippen molar-refractivity contribution in [1.82, 2.24) is 0 Å². The first-order valence-corrected chi connectivity index (χ1v) is 8.03. The summed E-state index contributed by atoms with van der Waals surface area (Å²) < 4.78 is 5.03. The summed E-state index contributed by atoms with van der Waals surface area (Å²) >= 11 is 0. The molecule has 19 heavy (non-hydrogen) atoms. The van der Waals surface area contributed by atoms with Crippen molar-refractivity contribution < 1.29 is 14.3 Å². The number of esters is 2. The maximum Gasteiger partial charge on any atom is 0.317 e. The Kier molecular flexibility index (Phi) is 2.71. The Labute approximate surface area is 114 Å². The molecule has 4 aliphatic rings. The van der Waals surface area contributed by atoms with Crippen LogP contribution in [0.15, 0.2) is 0 Å². The minimum absolute atomic E-state index is 0.0860. The van der Waals surface area contributed by atoms with Crippen molar-refractivity contribution in [2.45, 2.75) is 51.4 Å². The summed E-state index contributed by atoms with van der Waals surface area (Å²) in [7, 11) is 0. The Balaban J connectivity index is 1.74. The van der Waals surface area contributed by atoms with Crippen LogP contribution in [0.2, 0.25) is 0 Å². The molecule has 3 aliphatic carbocycles. The molecule has 3 saturated carbocycles. The average molecular weight is 262 g/mol. The quantitative estimate of drug-likeness (QED) is 0.498. The second-order valence-corrected chi connectivity index (χ2v) is 7.02. The van der Waals surface area contributed by atoms with Crippen molar-refractivity contribution in [2.24, 2.45) is 35.5 Å². The summed E-state index contributed by atoms with van der Waals surface area (Å²) in [5.41, 5.74) is 0. The first-order valence-electron chi connectivity index (χ1n) is 8.03. The number of cyclic esters (lactones) is 2. The Morgan fingerprint density at radius 3 is 1.42 bits per heavy atom. The molecule has 0 radical (unpaired) electrons. The summed E-state index contributed by atoms with van der Waals surface area (Å²) in [5.74, 6) is 1.70. The number of ether oxygens (including phenoxy) is 1. The van der Waals surface area contributed by atoms with E-state index in [4.69, 9.17) is 4.74 Å². The van der Waals surface area contributed by atoms with Crippen LogP contribution < -0.4 is 0 Å². The van der Waals surface area contributed by atoms with E-state index in [1.807, 2.05) is 0 Å². The van der Waals surface area contributed by atoms with Gasteiger partial charge in [0.25, 0.3) is 0 Å². The van der Waals surface area contributed by atoms with Crippen molar-refractivity contribution in [3.63, 3.8) is 0 Å². The first-order chi connectivity index (χ1) is 9.27. The summed E-state index contributed by atoms with van der Waals surface area (Å²) in [5, 5.41) is 0. The number of carbonyl (C=O) groups excluding carboxylic acids is 2. The third kappa shape index (κ3) is 1.63. The number of carbonyl (C=O) groups is 2. The van der Waals surface area contributed by atoms with E-state index in [0.29, 0.717) is 23.7 Å². The fraction of sp³-hybridized carbons (Fsp3) is 0.875. The molecule has 0 N–H and O–H groups in total. The lowest BCUT2D eigenvalue weighted by molar-refractivity contribution is -0.154. The zero-order chi connectivity index (χ0) is 13.0. The highest BCUT2D eigenvalue weighted by Gasteiger charge is 2.60. The third-order valence-electron chi connectivity index (χ3n) is 6.35. The first kappa shape index (κ1) is 11.9. The molecule has 0 unspecified atom stereocenters. The van der Waals surface area contributed by atoms with E-state index >= 15 is 0 Å². The molecule has 104 valence electrons. The van der Waals surface area contributed by atoms with Gasteiger partial charge < -0.3 is 4.74 Å². The van der Waals surface area contributed by atoms with E-state index in [0.717, 1.165) is 12.8 Å². The summed E-state index contributed by atoms with van der Waals surface area (Å²) in [4.78, 5) is 24.2. The van der Waals surface area contributed by atoms with E-state index in [2.05, 4.69) is 0 Å². The van der Waals surface area contributed by atoms with Gasteiger partial charge in [0.2, 0.25) is 0 Å².